The zero-order chi connectivity index (χ0) is 14.4. The number of nitrogens with zero attached hydrogens (tertiary/aromatic N) is 1. The van der Waals surface area contributed by atoms with Gasteiger partial charge in [0.05, 0.1) is 10.6 Å². The first-order valence-electron chi connectivity index (χ1n) is 6.26. The van der Waals surface area contributed by atoms with Crippen LogP contribution >= 0.6 is 11.6 Å². The second kappa shape index (κ2) is 7.14. The predicted molar refractivity (Wildman–Crippen MR) is 77.6 cm³/mol. The molecule has 0 spiro atoms. The van der Waals surface area contributed by atoms with E-state index in [1.54, 1.807) is 32.3 Å². The van der Waals surface area contributed by atoms with Crippen molar-refractivity contribution in [3.63, 3.8) is 0 Å². The third kappa shape index (κ3) is 4.56. The van der Waals surface area contributed by atoms with Gasteiger partial charge >= 0.3 is 0 Å². The normalized spacial score (nSPS) is 10.1. The minimum absolute atomic E-state index is 0.0374. The fraction of sp³-hybridized carbons (Fsp3) is 0.429. The van der Waals surface area contributed by atoms with Crippen LogP contribution in [0.25, 0.3) is 0 Å². The van der Waals surface area contributed by atoms with Gasteiger partial charge in [0.25, 0.3) is 5.91 Å². The van der Waals surface area contributed by atoms with Gasteiger partial charge in [-0.25, -0.2) is 0 Å². The number of unbranched alkanes of at least 4 members (excludes halogenated alkanes) is 1. The number of amides is 2. The fourth-order valence-corrected chi connectivity index (χ4v) is 1.83. The molecule has 1 rings (SSSR count). The van der Waals surface area contributed by atoms with E-state index in [1.165, 1.54) is 4.90 Å². The summed E-state index contributed by atoms with van der Waals surface area (Å²) in [4.78, 5) is 24.8. The molecule has 1 N–H and O–H groups in total. The van der Waals surface area contributed by atoms with Crippen LogP contribution in [0.1, 0.15) is 36.5 Å². The summed E-state index contributed by atoms with van der Waals surface area (Å²) < 4.78 is 0. The van der Waals surface area contributed by atoms with Gasteiger partial charge in [-0.15, -0.1) is 0 Å². The first-order valence-corrected chi connectivity index (χ1v) is 6.64. The van der Waals surface area contributed by atoms with Crippen LogP contribution in [-0.2, 0) is 4.79 Å². The van der Waals surface area contributed by atoms with Gasteiger partial charge in [0.1, 0.15) is 0 Å². The molecule has 0 aromatic heterocycles. The minimum atomic E-state index is -0.158. The monoisotopic (exact) mass is 282 g/mol. The van der Waals surface area contributed by atoms with E-state index in [2.05, 4.69) is 5.32 Å². The lowest BCUT2D eigenvalue weighted by Crippen LogP contribution is -2.22. The minimum Gasteiger partial charge on any atom is -0.345 e. The van der Waals surface area contributed by atoms with Gasteiger partial charge in [-0.1, -0.05) is 24.9 Å². The topological polar surface area (TPSA) is 49.4 Å². The SMILES string of the molecule is CCCCC(=O)Nc1ccc(C(=O)N(C)C)c(Cl)c1. The summed E-state index contributed by atoms with van der Waals surface area (Å²) >= 11 is 6.06. The Labute approximate surface area is 118 Å². The van der Waals surface area contributed by atoms with E-state index in [4.69, 9.17) is 11.6 Å². The Morgan fingerprint density at radius 2 is 2.00 bits per heavy atom. The number of carbonyl (C=O) groups is 2. The van der Waals surface area contributed by atoms with E-state index in [0.29, 0.717) is 22.7 Å². The number of hydrogen-bond acceptors (Lipinski definition) is 2. The fourth-order valence-electron chi connectivity index (χ4n) is 1.57. The number of benzene rings is 1. The third-order valence-electron chi connectivity index (χ3n) is 2.65. The zero-order valence-electron chi connectivity index (χ0n) is 11.5. The predicted octanol–water partition coefficient (Wildman–Crippen LogP) is 3.17. The molecule has 0 saturated heterocycles. The Balaban J connectivity index is 2.77. The molecule has 0 unspecified atom stereocenters. The number of rotatable bonds is 5. The maximum Gasteiger partial charge on any atom is 0.254 e. The lowest BCUT2D eigenvalue weighted by Gasteiger charge is -2.12. The molecule has 1 aromatic carbocycles. The van der Waals surface area contributed by atoms with Gasteiger partial charge in [0.2, 0.25) is 5.91 Å². The molecular weight excluding hydrogens is 264 g/mol. The molecule has 0 radical (unpaired) electrons. The molecule has 0 aliphatic heterocycles. The second-order valence-electron chi connectivity index (χ2n) is 4.55. The first kappa shape index (κ1) is 15.5. The van der Waals surface area contributed by atoms with Gasteiger partial charge in [-0.05, 0) is 24.6 Å². The van der Waals surface area contributed by atoms with Crippen LogP contribution in [0.5, 0.6) is 0 Å². The van der Waals surface area contributed by atoms with E-state index >= 15 is 0 Å². The lowest BCUT2D eigenvalue weighted by molar-refractivity contribution is -0.116. The molecule has 0 saturated carbocycles. The number of hydrogen-bond donors (Lipinski definition) is 1. The molecule has 0 fully saturated rings. The van der Waals surface area contributed by atoms with Gasteiger partial charge < -0.3 is 10.2 Å². The lowest BCUT2D eigenvalue weighted by atomic mass is 10.1. The summed E-state index contributed by atoms with van der Waals surface area (Å²) in [7, 11) is 3.33. The number of nitrogens with one attached hydrogen (secondary N) is 1. The Morgan fingerprint density at radius 1 is 1.32 bits per heavy atom. The maximum atomic E-state index is 11.8. The molecule has 0 aliphatic rings. The smallest absolute Gasteiger partial charge is 0.254 e. The van der Waals surface area contributed by atoms with E-state index in [9.17, 15) is 9.59 Å². The summed E-state index contributed by atoms with van der Waals surface area (Å²) in [6.07, 6.45) is 2.33. The molecule has 2 amide bonds. The van der Waals surface area contributed by atoms with E-state index in [-0.39, 0.29) is 11.8 Å². The Bertz CT molecular complexity index is 473. The van der Waals surface area contributed by atoms with Gasteiger partial charge in [0, 0.05) is 26.2 Å². The van der Waals surface area contributed by atoms with Crippen molar-refractivity contribution in [3.05, 3.63) is 28.8 Å². The number of anilines is 1. The van der Waals surface area contributed by atoms with Crippen LogP contribution in [0.3, 0.4) is 0 Å². The van der Waals surface area contributed by atoms with Gasteiger partial charge in [-0.3, -0.25) is 9.59 Å². The van der Waals surface area contributed by atoms with Crippen molar-refractivity contribution in [1.82, 2.24) is 4.90 Å². The van der Waals surface area contributed by atoms with Crippen LogP contribution in [-0.4, -0.2) is 30.8 Å². The summed E-state index contributed by atoms with van der Waals surface area (Å²) in [6.45, 7) is 2.03. The Morgan fingerprint density at radius 3 is 2.53 bits per heavy atom. The second-order valence-corrected chi connectivity index (χ2v) is 4.95. The largest absolute Gasteiger partial charge is 0.345 e. The molecule has 1 aromatic rings. The van der Waals surface area contributed by atoms with Crippen LogP contribution < -0.4 is 5.32 Å². The average Bonchev–Trinajstić information content (AvgIpc) is 2.35. The molecular formula is C14H19ClN2O2. The Kier molecular flexibility index (Phi) is 5.83. The molecule has 0 heterocycles. The highest BCUT2D eigenvalue weighted by Gasteiger charge is 2.13. The summed E-state index contributed by atoms with van der Waals surface area (Å²) in [5.41, 5.74) is 1.04. The van der Waals surface area contributed by atoms with Crippen molar-refractivity contribution in [3.8, 4) is 0 Å². The third-order valence-corrected chi connectivity index (χ3v) is 2.96. The van der Waals surface area contributed by atoms with Gasteiger partial charge in [-0.2, -0.15) is 0 Å². The Hall–Kier alpha value is -1.55. The highest BCUT2D eigenvalue weighted by atomic mass is 35.5. The quantitative estimate of drug-likeness (QED) is 0.902. The van der Waals surface area contributed by atoms with Crippen molar-refractivity contribution in [2.45, 2.75) is 26.2 Å². The standard InChI is InChI=1S/C14H19ClN2O2/c1-4-5-6-13(18)16-10-7-8-11(12(15)9-10)14(19)17(2)3/h7-9H,4-6H2,1-3H3,(H,16,18). The van der Waals surface area contributed by atoms with E-state index < -0.39 is 0 Å². The highest BCUT2D eigenvalue weighted by Crippen LogP contribution is 2.22. The van der Waals surface area contributed by atoms with Crippen molar-refractivity contribution in [2.24, 2.45) is 0 Å². The summed E-state index contributed by atoms with van der Waals surface area (Å²) in [5.74, 6) is -0.196. The van der Waals surface area contributed by atoms with Crippen LogP contribution in [0.2, 0.25) is 5.02 Å². The molecule has 19 heavy (non-hydrogen) atoms. The molecule has 5 heteroatoms. The van der Waals surface area contributed by atoms with E-state index in [1.807, 2.05) is 6.92 Å². The van der Waals surface area contributed by atoms with Crippen LogP contribution in [0.4, 0.5) is 5.69 Å². The van der Waals surface area contributed by atoms with Crippen molar-refractivity contribution in [2.75, 3.05) is 19.4 Å². The van der Waals surface area contributed by atoms with Crippen molar-refractivity contribution < 1.29 is 9.59 Å². The van der Waals surface area contributed by atoms with Crippen LogP contribution in [0, 0.1) is 0 Å². The molecule has 0 bridgehead atoms. The summed E-state index contributed by atoms with van der Waals surface area (Å²) in [6, 6.07) is 4.91. The zero-order valence-corrected chi connectivity index (χ0v) is 12.3. The van der Waals surface area contributed by atoms with Gasteiger partial charge in [0.15, 0.2) is 0 Å². The van der Waals surface area contributed by atoms with Crippen molar-refractivity contribution in [1.29, 1.82) is 0 Å². The number of carbonyl (C=O) groups excluding carboxylic acids is 2. The molecule has 4 nitrogen and oxygen atoms in total. The van der Waals surface area contributed by atoms with Crippen molar-refractivity contribution >= 4 is 29.1 Å². The number of halogens is 1. The summed E-state index contributed by atoms with van der Waals surface area (Å²) in [5, 5.41) is 3.10. The molecule has 0 aliphatic carbocycles. The van der Waals surface area contributed by atoms with E-state index in [0.717, 1.165) is 12.8 Å². The average molecular weight is 283 g/mol. The maximum absolute atomic E-state index is 11.8. The van der Waals surface area contributed by atoms with Crippen LogP contribution in [0.15, 0.2) is 18.2 Å². The first-order chi connectivity index (χ1) is 8.95. The molecule has 0 atom stereocenters. The molecule has 104 valence electrons. The highest BCUT2D eigenvalue weighted by molar-refractivity contribution is 6.34.